The highest BCUT2D eigenvalue weighted by atomic mass is 35.5. The van der Waals surface area contributed by atoms with Crippen LogP contribution in [0, 0.1) is 5.82 Å². The van der Waals surface area contributed by atoms with Crippen LogP contribution >= 0.6 is 24.0 Å². The van der Waals surface area contributed by atoms with E-state index in [4.69, 9.17) is 11.6 Å². The van der Waals surface area contributed by atoms with Crippen LogP contribution in [0.2, 0.25) is 5.02 Å². The van der Waals surface area contributed by atoms with Crippen molar-refractivity contribution in [2.75, 3.05) is 19.6 Å². The molecule has 0 saturated carbocycles. The molecule has 2 aromatic carbocycles. The zero-order chi connectivity index (χ0) is 17.9. The summed E-state index contributed by atoms with van der Waals surface area (Å²) in [6.45, 7) is 2.39. The van der Waals surface area contributed by atoms with Crippen LogP contribution in [0.5, 0.6) is 0 Å². The highest BCUT2D eigenvalue weighted by Gasteiger charge is 2.31. The van der Waals surface area contributed by atoms with E-state index in [0.29, 0.717) is 22.8 Å². The third-order valence-electron chi connectivity index (χ3n) is 4.75. The predicted molar refractivity (Wildman–Crippen MR) is 105 cm³/mol. The van der Waals surface area contributed by atoms with Crippen LogP contribution in [-0.2, 0) is 16.3 Å². The molecular formula is C19H22Cl2FNO2S. The number of nitrogens with zero attached hydrogens (tertiary/aromatic N) is 1. The van der Waals surface area contributed by atoms with Gasteiger partial charge in [0, 0.05) is 11.6 Å². The van der Waals surface area contributed by atoms with Gasteiger partial charge in [-0.05, 0) is 74.3 Å². The third-order valence-corrected chi connectivity index (χ3v) is 7.28. The molecule has 1 fully saturated rings. The van der Waals surface area contributed by atoms with Gasteiger partial charge in [0.05, 0.1) is 10.1 Å². The third kappa shape index (κ3) is 5.19. The van der Waals surface area contributed by atoms with Crippen LogP contribution < -0.4 is 0 Å². The number of hydrogen-bond acceptors (Lipinski definition) is 3. The first kappa shape index (κ1) is 21.2. The molecule has 0 spiro atoms. The molecule has 0 N–H and O–H groups in total. The summed E-state index contributed by atoms with van der Waals surface area (Å²) in [6, 6.07) is 12.9. The molecule has 0 bridgehead atoms. The fraction of sp³-hybridized carbons (Fsp3) is 0.368. The first-order valence-electron chi connectivity index (χ1n) is 8.41. The van der Waals surface area contributed by atoms with Crippen LogP contribution in [-0.4, -0.2) is 38.2 Å². The molecule has 0 aromatic heterocycles. The summed E-state index contributed by atoms with van der Waals surface area (Å²) < 4.78 is 38.4. The first-order valence-corrected chi connectivity index (χ1v) is 10.3. The summed E-state index contributed by atoms with van der Waals surface area (Å²) >= 11 is 5.84. The molecule has 0 amide bonds. The van der Waals surface area contributed by atoms with Crippen LogP contribution in [0.1, 0.15) is 18.4 Å². The maximum Gasteiger partial charge on any atom is 0.181 e. The topological polar surface area (TPSA) is 37.4 Å². The molecule has 0 atom stereocenters. The van der Waals surface area contributed by atoms with Gasteiger partial charge in [-0.15, -0.1) is 12.4 Å². The molecule has 1 aliphatic heterocycles. The molecular weight excluding hydrogens is 396 g/mol. The molecule has 3 rings (SSSR count). The molecule has 0 aliphatic carbocycles. The van der Waals surface area contributed by atoms with Gasteiger partial charge < -0.3 is 4.90 Å². The van der Waals surface area contributed by atoms with Crippen LogP contribution in [0.4, 0.5) is 4.39 Å². The molecule has 142 valence electrons. The van der Waals surface area contributed by atoms with E-state index in [-0.39, 0.29) is 23.5 Å². The largest absolute Gasteiger partial charge is 0.303 e. The Labute approximate surface area is 165 Å². The Morgan fingerprint density at radius 2 is 1.58 bits per heavy atom. The minimum atomic E-state index is -3.30. The summed E-state index contributed by atoms with van der Waals surface area (Å²) in [7, 11) is -3.30. The molecule has 3 nitrogen and oxygen atoms in total. The SMILES string of the molecule is Cl.O=S(=O)(c1ccc(Cl)cc1)C1CCN(CCc2ccc(F)cc2)CC1. The monoisotopic (exact) mass is 417 g/mol. The van der Waals surface area contributed by atoms with Crippen molar-refractivity contribution in [2.45, 2.75) is 29.4 Å². The first-order chi connectivity index (χ1) is 11.9. The highest BCUT2D eigenvalue weighted by Crippen LogP contribution is 2.25. The maximum atomic E-state index is 12.9. The van der Waals surface area contributed by atoms with Gasteiger partial charge in [0.2, 0.25) is 0 Å². The number of hydrogen-bond donors (Lipinski definition) is 0. The summed E-state index contributed by atoms with van der Waals surface area (Å²) in [5.41, 5.74) is 1.09. The van der Waals surface area contributed by atoms with E-state index >= 15 is 0 Å². The van der Waals surface area contributed by atoms with Gasteiger partial charge in [-0.25, -0.2) is 12.8 Å². The molecule has 26 heavy (non-hydrogen) atoms. The van der Waals surface area contributed by atoms with Crippen LogP contribution in [0.3, 0.4) is 0 Å². The van der Waals surface area contributed by atoms with Crippen molar-refractivity contribution >= 4 is 33.8 Å². The van der Waals surface area contributed by atoms with Gasteiger partial charge in [-0.3, -0.25) is 0 Å². The summed E-state index contributed by atoms with van der Waals surface area (Å²) in [6.07, 6.45) is 2.11. The Balaban J connectivity index is 0.00000243. The van der Waals surface area contributed by atoms with E-state index in [1.54, 1.807) is 36.4 Å². The lowest BCUT2D eigenvalue weighted by atomic mass is 10.1. The number of likely N-dealkylation sites (tertiary alicyclic amines) is 1. The van der Waals surface area contributed by atoms with Crippen molar-refractivity contribution in [1.29, 1.82) is 0 Å². The molecule has 1 aliphatic rings. The van der Waals surface area contributed by atoms with Gasteiger partial charge in [0.15, 0.2) is 9.84 Å². The predicted octanol–water partition coefficient (Wildman–Crippen LogP) is 4.38. The number of sulfone groups is 1. The zero-order valence-corrected chi connectivity index (χ0v) is 16.7. The zero-order valence-electron chi connectivity index (χ0n) is 14.3. The molecule has 1 saturated heterocycles. The van der Waals surface area contributed by atoms with Gasteiger partial charge in [-0.1, -0.05) is 23.7 Å². The van der Waals surface area contributed by atoms with Crippen molar-refractivity contribution in [3.8, 4) is 0 Å². The van der Waals surface area contributed by atoms with Crippen molar-refractivity contribution in [2.24, 2.45) is 0 Å². The quantitative estimate of drug-likeness (QED) is 0.723. The smallest absolute Gasteiger partial charge is 0.181 e. The van der Waals surface area contributed by atoms with Crippen LogP contribution in [0.15, 0.2) is 53.4 Å². The lowest BCUT2D eigenvalue weighted by Gasteiger charge is -2.31. The fourth-order valence-electron chi connectivity index (χ4n) is 3.20. The molecule has 7 heteroatoms. The van der Waals surface area contributed by atoms with Gasteiger partial charge in [0.25, 0.3) is 0 Å². The Morgan fingerprint density at radius 1 is 1.00 bits per heavy atom. The lowest BCUT2D eigenvalue weighted by Crippen LogP contribution is -2.40. The van der Waals surface area contributed by atoms with Crippen molar-refractivity contribution in [3.63, 3.8) is 0 Å². The van der Waals surface area contributed by atoms with Crippen molar-refractivity contribution < 1.29 is 12.8 Å². The maximum absolute atomic E-state index is 12.9. The van der Waals surface area contributed by atoms with Crippen molar-refractivity contribution in [3.05, 3.63) is 64.9 Å². The number of halogens is 3. The Hall–Kier alpha value is -1.14. The van der Waals surface area contributed by atoms with E-state index in [0.717, 1.165) is 31.6 Å². The Kier molecular flexibility index (Phi) is 7.47. The van der Waals surface area contributed by atoms with E-state index in [1.807, 2.05) is 0 Å². The molecule has 0 unspecified atom stereocenters. The summed E-state index contributed by atoms with van der Waals surface area (Å²) in [5.74, 6) is -0.225. The molecule has 2 aromatic rings. The minimum Gasteiger partial charge on any atom is -0.303 e. The van der Waals surface area contributed by atoms with E-state index < -0.39 is 9.84 Å². The molecule has 1 heterocycles. The number of rotatable bonds is 5. The number of benzene rings is 2. The minimum absolute atomic E-state index is 0. The van der Waals surface area contributed by atoms with Gasteiger partial charge >= 0.3 is 0 Å². The average molecular weight is 418 g/mol. The Morgan fingerprint density at radius 3 is 2.15 bits per heavy atom. The number of piperidine rings is 1. The second-order valence-corrected chi connectivity index (χ2v) is 9.08. The lowest BCUT2D eigenvalue weighted by molar-refractivity contribution is 0.232. The summed E-state index contributed by atoms with van der Waals surface area (Å²) in [5, 5.41) is 0.199. The van der Waals surface area contributed by atoms with E-state index in [1.165, 1.54) is 12.1 Å². The van der Waals surface area contributed by atoms with Gasteiger partial charge in [0.1, 0.15) is 5.82 Å². The normalized spacial score (nSPS) is 16.2. The summed E-state index contributed by atoms with van der Waals surface area (Å²) in [4.78, 5) is 2.62. The van der Waals surface area contributed by atoms with Crippen LogP contribution in [0.25, 0.3) is 0 Å². The standard InChI is InChI=1S/C19H21ClFNO2S.ClH/c20-16-3-7-18(8-4-16)25(23,24)19-10-13-22(14-11-19)12-9-15-1-5-17(21)6-2-15;/h1-8,19H,9-14H2;1H. The highest BCUT2D eigenvalue weighted by molar-refractivity contribution is 7.92. The van der Waals surface area contributed by atoms with E-state index in [9.17, 15) is 12.8 Å². The average Bonchev–Trinajstić information content (AvgIpc) is 2.62. The van der Waals surface area contributed by atoms with Crippen molar-refractivity contribution in [1.82, 2.24) is 4.90 Å². The fourth-order valence-corrected chi connectivity index (χ4v) is 5.06. The second-order valence-electron chi connectivity index (χ2n) is 6.42. The molecule has 0 radical (unpaired) electrons. The van der Waals surface area contributed by atoms with Gasteiger partial charge in [-0.2, -0.15) is 0 Å². The Bertz CT molecular complexity index is 802. The second kappa shape index (κ2) is 9.18. The van der Waals surface area contributed by atoms with E-state index in [2.05, 4.69) is 4.90 Å².